The van der Waals surface area contributed by atoms with Gasteiger partial charge < -0.3 is 9.47 Å². The Balaban J connectivity index is 1.02. The lowest BCUT2D eigenvalue weighted by molar-refractivity contribution is 0.293. The van der Waals surface area contributed by atoms with Gasteiger partial charge in [-0.1, -0.05) is 110 Å². The Bertz CT molecular complexity index is 2190. The molecule has 2 bridgehead atoms. The van der Waals surface area contributed by atoms with Crippen LogP contribution in [-0.2, 0) is 5.41 Å². The fraction of sp³-hybridized carbons (Fsp3) is 0.174. The van der Waals surface area contributed by atoms with Gasteiger partial charge in [-0.25, -0.2) is 0 Å². The molecule has 1 heterocycles. The molecular weight excluding hydrogens is 581 g/mol. The van der Waals surface area contributed by atoms with Crippen molar-refractivity contribution in [2.75, 3.05) is 4.90 Å². The first-order chi connectivity index (χ1) is 23.6. The fourth-order valence-corrected chi connectivity index (χ4v) is 8.82. The maximum atomic E-state index is 4.45. The Morgan fingerprint density at radius 1 is 0.542 bits per heavy atom. The molecule has 2 fully saturated rings. The first-order valence-corrected chi connectivity index (χ1v) is 17.4. The molecule has 0 radical (unpaired) electrons. The highest BCUT2D eigenvalue weighted by Gasteiger charge is 2.44. The third kappa shape index (κ3) is 4.78. The zero-order chi connectivity index (χ0) is 32.2. The minimum atomic E-state index is 0.224. The molecule has 2 heteroatoms. The third-order valence-electron chi connectivity index (χ3n) is 11.3. The van der Waals surface area contributed by atoms with Gasteiger partial charge in [0.2, 0.25) is 0 Å². The lowest BCUT2D eigenvalue weighted by atomic mass is 9.65. The summed E-state index contributed by atoms with van der Waals surface area (Å²) in [4.78, 5) is 2.37. The average Bonchev–Trinajstić information content (AvgIpc) is 3.58. The third-order valence-corrected chi connectivity index (χ3v) is 11.3. The SMILES string of the molecule is C=C1[C@H]2CC[C@H]1CC(C)(c1ccc(N(c3ccccc3)c3ccc(-c4ccc(-n5c6ccccc6c6ccccc65)cc4)cc3)cc1)C2. The molecule has 2 saturated carbocycles. The largest absolute Gasteiger partial charge is 0.311 e. The van der Waals surface area contributed by atoms with E-state index in [9.17, 15) is 0 Å². The highest BCUT2D eigenvalue weighted by Crippen LogP contribution is 2.54. The lowest BCUT2D eigenvalue weighted by Gasteiger charge is -2.40. The van der Waals surface area contributed by atoms with Crippen molar-refractivity contribution in [1.82, 2.24) is 4.57 Å². The number of hydrogen-bond donors (Lipinski definition) is 0. The summed E-state index contributed by atoms with van der Waals surface area (Å²) in [5, 5.41) is 2.57. The zero-order valence-electron chi connectivity index (χ0n) is 27.5. The number of fused-ring (bicyclic) bond motifs is 5. The molecule has 1 aromatic heterocycles. The highest BCUT2D eigenvalue weighted by atomic mass is 15.1. The van der Waals surface area contributed by atoms with Crippen LogP contribution in [0.2, 0.25) is 0 Å². The number of hydrogen-bond acceptors (Lipinski definition) is 1. The van der Waals surface area contributed by atoms with Gasteiger partial charge in [0.05, 0.1) is 11.0 Å². The van der Waals surface area contributed by atoms with E-state index in [0.29, 0.717) is 11.8 Å². The molecule has 0 saturated heterocycles. The lowest BCUT2D eigenvalue weighted by Crippen LogP contribution is -2.31. The van der Waals surface area contributed by atoms with Crippen molar-refractivity contribution in [2.24, 2.45) is 11.8 Å². The van der Waals surface area contributed by atoms with Crippen LogP contribution in [0.1, 0.15) is 38.2 Å². The molecule has 0 unspecified atom stereocenters. The summed E-state index contributed by atoms with van der Waals surface area (Å²) in [6, 6.07) is 55.5. The van der Waals surface area contributed by atoms with Gasteiger partial charge in [0.15, 0.2) is 0 Å². The van der Waals surface area contributed by atoms with Gasteiger partial charge >= 0.3 is 0 Å². The topological polar surface area (TPSA) is 8.17 Å². The van der Waals surface area contributed by atoms with Crippen LogP contribution in [0.3, 0.4) is 0 Å². The van der Waals surface area contributed by atoms with Crippen LogP contribution < -0.4 is 4.90 Å². The molecule has 48 heavy (non-hydrogen) atoms. The Labute approximate surface area is 283 Å². The second-order valence-corrected chi connectivity index (χ2v) is 14.2. The van der Waals surface area contributed by atoms with Crippen LogP contribution >= 0.6 is 0 Å². The molecule has 2 atom stereocenters. The van der Waals surface area contributed by atoms with Crippen LogP contribution in [0, 0.1) is 11.8 Å². The van der Waals surface area contributed by atoms with E-state index in [2.05, 4.69) is 175 Å². The van der Waals surface area contributed by atoms with Crippen molar-refractivity contribution in [2.45, 2.75) is 38.0 Å². The first-order valence-electron chi connectivity index (χ1n) is 17.4. The van der Waals surface area contributed by atoms with Crippen molar-refractivity contribution >= 4 is 38.9 Å². The van der Waals surface area contributed by atoms with E-state index in [-0.39, 0.29) is 5.41 Å². The molecule has 0 aliphatic heterocycles. The van der Waals surface area contributed by atoms with E-state index < -0.39 is 0 Å². The molecule has 2 aliphatic carbocycles. The van der Waals surface area contributed by atoms with Crippen LogP contribution in [0.4, 0.5) is 17.1 Å². The summed E-state index contributed by atoms with van der Waals surface area (Å²) >= 11 is 0. The van der Waals surface area contributed by atoms with Gasteiger partial charge in [-0.2, -0.15) is 0 Å². The maximum absolute atomic E-state index is 4.45. The van der Waals surface area contributed by atoms with Gasteiger partial charge in [0.25, 0.3) is 0 Å². The molecule has 2 aliphatic rings. The van der Waals surface area contributed by atoms with Crippen molar-refractivity contribution in [3.8, 4) is 16.8 Å². The van der Waals surface area contributed by atoms with E-state index >= 15 is 0 Å². The summed E-state index contributed by atoms with van der Waals surface area (Å²) in [5.74, 6) is 1.38. The fourth-order valence-electron chi connectivity index (χ4n) is 8.82. The van der Waals surface area contributed by atoms with Gasteiger partial charge in [-0.15, -0.1) is 0 Å². The highest BCUT2D eigenvalue weighted by molar-refractivity contribution is 6.09. The normalized spacial score (nSPS) is 20.4. The van der Waals surface area contributed by atoms with Crippen molar-refractivity contribution < 1.29 is 0 Å². The quantitative estimate of drug-likeness (QED) is 0.168. The molecule has 0 spiro atoms. The number of nitrogens with zero attached hydrogens (tertiary/aromatic N) is 2. The summed E-state index contributed by atoms with van der Waals surface area (Å²) in [5.41, 5.74) is 12.7. The number of aromatic nitrogens is 1. The summed E-state index contributed by atoms with van der Waals surface area (Å²) < 4.78 is 2.37. The van der Waals surface area contributed by atoms with Crippen LogP contribution in [0.25, 0.3) is 38.6 Å². The minimum absolute atomic E-state index is 0.224. The standard InChI is InChI=1S/C46H40N2/c1-32-35-16-17-36(32)31-46(2,30-35)37-22-28-40(29-23-37)47(38-10-4-3-5-11-38)39-24-18-33(19-25-39)34-20-26-41(27-21-34)48-44-14-8-6-12-42(44)43-13-7-9-15-45(43)48/h3-15,18-29,35-36H,1,16-17,30-31H2,2H3/t35-,36-/m0/s1. The molecule has 0 N–H and O–H groups in total. The summed E-state index contributed by atoms with van der Waals surface area (Å²) in [6.07, 6.45) is 5.09. The number of anilines is 3. The van der Waals surface area contributed by atoms with Crippen LogP contribution in [0.15, 0.2) is 164 Å². The Kier molecular flexibility index (Phi) is 6.86. The second-order valence-electron chi connectivity index (χ2n) is 14.2. The van der Waals surface area contributed by atoms with Gasteiger partial charge in [-0.3, -0.25) is 0 Å². The number of allylic oxidation sites excluding steroid dienone is 1. The van der Waals surface area contributed by atoms with E-state index in [4.69, 9.17) is 0 Å². The first kappa shape index (κ1) is 28.8. The Hall–Kier alpha value is -5.34. The van der Waals surface area contributed by atoms with Crippen LogP contribution in [-0.4, -0.2) is 4.57 Å². The molecule has 6 aromatic carbocycles. The molecule has 0 amide bonds. The van der Waals surface area contributed by atoms with Gasteiger partial charge in [0.1, 0.15) is 0 Å². The Morgan fingerprint density at radius 2 is 1.00 bits per heavy atom. The number of rotatable bonds is 6. The van der Waals surface area contributed by atoms with Crippen LogP contribution in [0.5, 0.6) is 0 Å². The number of benzene rings is 6. The molecular formula is C46H40N2. The minimum Gasteiger partial charge on any atom is -0.311 e. The predicted octanol–water partition coefficient (Wildman–Crippen LogP) is 12.6. The average molecular weight is 621 g/mol. The van der Waals surface area contributed by atoms with Crippen molar-refractivity contribution in [1.29, 1.82) is 0 Å². The second kappa shape index (κ2) is 11.4. The van der Waals surface area contributed by atoms with Gasteiger partial charge in [-0.05, 0) is 120 Å². The molecule has 7 aromatic rings. The maximum Gasteiger partial charge on any atom is 0.0541 e. The predicted molar refractivity (Wildman–Crippen MR) is 203 cm³/mol. The molecule has 2 nitrogen and oxygen atoms in total. The van der Waals surface area contributed by atoms with E-state index in [1.54, 1.807) is 0 Å². The van der Waals surface area contributed by atoms with Crippen molar-refractivity contribution in [3.63, 3.8) is 0 Å². The monoisotopic (exact) mass is 620 g/mol. The van der Waals surface area contributed by atoms with E-state index in [0.717, 1.165) is 11.4 Å². The molecule has 9 rings (SSSR count). The zero-order valence-corrected chi connectivity index (χ0v) is 27.5. The van der Waals surface area contributed by atoms with Crippen molar-refractivity contribution in [3.05, 3.63) is 169 Å². The van der Waals surface area contributed by atoms with E-state index in [1.165, 1.54) is 81.1 Å². The summed E-state index contributed by atoms with van der Waals surface area (Å²) in [6.45, 7) is 6.93. The molecule has 234 valence electrons. The Morgan fingerprint density at radius 3 is 1.56 bits per heavy atom. The van der Waals surface area contributed by atoms with E-state index in [1.807, 2.05) is 0 Å². The smallest absolute Gasteiger partial charge is 0.0541 e. The summed E-state index contributed by atoms with van der Waals surface area (Å²) in [7, 11) is 0. The number of para-hydroxylation sites is 3. The van der Waals surface area contributed by atoms with Gasteiger partial charge in [0, 0.05) is 33.5 Å².